The number of carbonyl (C=O) groups excluding carboxylic acids is 2. The maximum atomic E-state index is 12.9. The van der Waals surface area contributed by atoms with E-state index in [0.717, 1.165) is 0 Å². The first-order chi connectivity index (χ1) is 15.1. The van der Waals surface area contributed by atoms with E-state index in [9.17, 15) is 9.59 Å². The molecule has 1 atom stereocenters. The van der Waals surface area contributed by atoms with Gasteiger partial charge in [-0.25, -0.2) is 0 Å². The second-order valence-corrected chi connectivity index (χ2v) is 8.38. The highest BCUT2D eigenvalue weighted by Gasteiger charge is 2.44. The van der Waals surface area contributed by atoms with Gasteiger partial charge in [0.05, 0.1) is 18.1 Å². The van der Waals surface area contributed by atoms with E-state index < -0.39 is 5.60 Å². The highest BCUT2D eigenvalue weighted by molar-refractivity contribution is 5.94. The molecule has 4 rings (SSSR count). The number of benzene rings is 2. The van der Waals surface area contributed by atoms with Gasteiger partial charge in [0.15, 0.2) is 0 Å². The number of piperidine rings is 1. The zero-order chi connectivity index (χ0) is 21.7. The minimum absolute atomic E-state index is 0.0512. The summed E-state index contributed by atoms with van der Waals surface area (Å²) in [5.74, 6) is 0.00373. The predicted octanol–water partition coefficient (Wildman–Crippen LogP) is 2.65. The fourth-order valence-corrected chi connectivity index (χ4v) is 4.73. The Morgan fingerprint density at radius 1 is 1.06 bits per heavy atom. The Labute approximate surface area is 183 Å². The van der Waals surface area contributed by atoms with E-state index in [2.05, 4.69) is 17.4 Å². The van der Waals surface area contributed by atoms with Crippen LogP contribution in [0.2, 0.25) is 0 Å². The van der Waals surface area contributed by atoms with Crippen LogP contribution >= 0.6 is 0 Å². The number of aliphatic hydroxyl groups is 1. The number of hydrogen-bond donors (Lipinski definition) is 2. The average molecular weight is 423 g/mol. The van der Waals surface area contributed by atoms with Crippen molar-refractivity contribution in [2.45, 2.75) is 43.8 Å². The minimum atomic E-state index is -0.460. The van der Waals surface area contributed by atoms with Crippen molar-refractivity contribution in [2.75, 3.05) is 26.2 Å². The second-order valence-electron chi connectivity index (χ2n) is 8.38. The molecule has 1 spiro atoms. The van der Waals surface area contributed by atoms with Crippen molar-refractivity contribution < 1.29 is 19.4 Å². The van der Waals surface area contributed by atoms with Gasteiger partial charge in [0.25, 0.3) is 5.91 Å². The molecule has 0 aromatic heterocycles. The van der Waals surface area contributed by atoms with E-state index in [4.69, 9.17) is 9.84 Å². The second kappa shape index (κ2) is 9.62. The molecule has 1 saturated heterocycles. The van der Waals surface area contributed by atoms with E-state index in [1.165, 1.54) is 11.1 Å². The lowest BCUT2D eigenvalue weighted by Crippen LogP contribution is -2.50. The van der Waals surface area contributed by atoms with E-state index in [0.29, 0.717) is 57.3 Å². The maximum Gasteiger partial charge on any atom is 0.253 e. The minimum Gasteiger partial charge on any atom is -0.396 e. The molecule has 2 aromatic carbocycles. The first kappa shape index (κ1) is 21.5. The molecule has 2 aromatic rings. The maximum absolute atomic E-state index is 12.9. The summed E-state index contributed by atoms with van der Waals surface area (Å²) in [6.45, 7) is 1.78. The summed E-state index contributed by atoms with van der Waals surface area (Å²) < 4.78 is 6.60. The van der Waals surface area contributed by atoms with Gasteiger partial charge < -0.3 is 20.1 Å². The zero-order valence-electron chi connectivity index (χ0n) is 17.8. The molecular formula is C25H30N2O4. The molecule has 2 aliphatic heterocycles. The largest absolute Gasteiger partial charge is 0.396 e. The van der Waals surface area contributed by atoms with Crippen LogP contribution in [0.1, 0.15) is 47.2 Å². The fraction of sp³-hybridized carbons (Fsp3) is 0.440. The third-order valence-corrected chi connectivity index (χ3v) is 6.30. The molecule has 6 nitrogen and oxygen atoms in total. The van der Waals surface area contributed by atoms with Gasteiger partial charge in [0.1, 0.15) is 0 Å². The Morgan fingerprint density at radius 2 is 1.77 bits per heavy atom. The van der Waals surface area contributed by atoms with E-state index in [-0.39, 0.29) is 24.5 Å². The summed E-state index contributed by atoms with van der Waals surface area (Å²) in [4.78, 5) is 27.1. The Kier molecular flexibility index (Phi) is 6.68. The van der Waals surface area contributed by atoms with E-state index in [1.54, 1.807) is 0 Å². The van der Waals surface area contributed by atoms with Crippen molar-refractivity contribution >= 4 is 11.8 Å². The molecule has 1 unspecified atom stereocenters. The number of nitrogens with zero attached hydrogens (tertiary/aromatic N) is 1. The van der Waals surface area contributed by atoms with Gasteiger partial charge in [-0.15, -0.1) is 0 Å². The standard InChI is InChI=1S/C25H30N2O4/c28-16-6-13-26-23(29)18-21-17-20-9-4-5-10-22(20)25(31-21)11-14-27(15-12-25)24(30)19-7-2-1-3-8-19/h1-5,7-10,21,28H,6,11-18H2,(H,26,29). The summed E-state index contributed by atoms with van der Waals surface area (Å²) in [6.07, 6.45) is 2.79. The quantitative estimate of drug-likeness (QED) is 0.702. The molecular weight excluding hydrogens is 392 g/mol. The van der Waals surface area contributed by atoms with Crippen molar-refractivity contribution in [3.63, 3.8) is 0 Å². The van der Waals surface area contributed by atoms with Crippen LogP contribution in [0, 0.1) is 0 Å². The molecule has 2 heterocycles. The van der Waals surface area contributed by atoms with Gasteiger partial charge in [-0.1, -0.05) is 42.5 Å². The van der Waals surface area contributed by atoms with Gasteiger partial charge in [-0.3, -0.25) is 9.59 Å². The molecule has 1 fully saturated rings. The third kappa shape index (κ3) is 4.81. The number of amides is 2. The van der Waals surface area contributed by atoms with Gasteiger partial charge in [-0.2, -0.15) is 0 Å². The molecule has 0 bridgehead atoms. The van der Waals surface area contributed by atoms with Crippen molar-refractivity contribution in [1.29, 1.82) is 0 Å². The van der Waals surface area contributed by atoms with Crippen LogP contribution in [0.3, 0.4) is 0 Å². The Bertz CT molecular complexity index is 907. The summed E-state index contributed by atoms with van der Waals surface area (Å²) in [5.41, 5.74) is 2.67. The van der Waals surface area contributed by atoms with Crippen molar-refractivity contribution in [1.82, 2.24) is 10.2 Å². The van der Waals surface area contributed by atoms with Crippen LogP contribution in [-0.2, 0) is 21.6 Å². The van der Waals surface area contributed by atoms with E-state index in [1.807, 2.05) is 47.4 Å². The number of aliphatic hydroxyl groups excluding tert-OH is 1. The zero-order valence-corrected chi connectivity index (χ0v) is 17.8. The molecule has 0 radical (unpaired) electrons. The van der Waals surface area contributed by atoms with Crippen LogP contribution < -0.4 is 5.32 Å². The van der Waals surface area contributed by atoms with Crippen LogP contribution in [0.4, 0.5) is 0 Å². The highest BCUT2D eigenvalue weighted by Crippen LogP contribution is 2.44. The predicted molar refractivity (Wildman–Crippen MR) is 118 cm³/mol. The molecule has 0 aliphatic carbocycles. The highest BCUT2D eigenvalue weighted by atomic mass is 16.5. The topological polar surface area (TPSA) is 78.9 Å². The number of likely N-dealkylation sites (tertiary alicyclic amines) is 1. The lowest BCUT2D eigenvalue weighted by atomic mass is 9.77. The summed E-state index contributed by atoms with van der Waals surface area (Å²) in [7, 11) is 0. The number of rotatable bonds is 6. The van der Waals surface area contributed by atoms with Crippen LogP contribution in [0.25, 0.3) is 0 Å². The molecule has 31 heavy (non-hydrogen) atoms. The van der Waals surface area contributed by atoms with Crippen LogP contribution in [0.15, 0.2) is 54.6 Å². The molecule has 2 aliphatic rings. The van der Waals surface area contributed by atoms with Gasteiger partial charge in [0.2, 0.25) is 5.91 Å². The van der Waals surface area contributed by atoms with Crippen LogP contribution in [0.5, 0.6) is 0 Å². The smallest absolute Gasteiger partial charge is 0.253 e. The number of nitrogens with one attached hydrogen (secondary N) is 1. The molecule has 164 valence electrons. The van der Waals surface area contributed by atoms with E-state index >= 15 is 0 Å². The number of fused-ring (bicyclic) bond motifs is 2. The third-order valence-electron chi connectivity index (χ3n) is 6.30. The van der Waals surface area contributed by atoms with Gasteiger partial charge in [-0.05, 0) is 48.9 Å². The molecule has 2 N–H and O–H groups in total. The first-order valence-corrected chi connectivity index (χ1v) is 11.1. The Hall–Kier alpha value is -2.70. The molecule has 6 heteroatoms. The normalized spacial score (nSPS) is 19.6. The summed E-state index contributed by atoms with van der Waals surface area (Å²) >= 11 is 0. The molecule has 2 amide bonds. The number of ether oxygens (including phenoxy) is 1. The van der Waals surface area contributed by atoms with Crippen molar-refractivity contribution in [2.24, 2.45) is 0 Å². The monoisotopic (exact) mass is 422 g/mol. The fourth-order valence-electron chi connectivity index (χ4n) is 4.73. The van der Waals surface area contributed by atoms with Gasteiger partial charge >= 0.3 is 0 Å². The average Bonchev–Trinajstić information content (AvgIpc) is 2.80. The van der Waals surface area contributed by atoms with Crippen molar-refractivity contribution in [3.05, 3.63) is 71.3 Å². The first-order valence-electron chi connectivity index (χ1n) is 11.1. The van der Waals surface area contributed by atoms with Crippen LogP contribution in [-0.4, -0.2) is 54.2 Å². The summed E-state index contributed by atoms with van der Waals surface area (Å²) in [6, 6.07) is 17.7. The Morgan fingerprint density at radius 3 is 2.52 bits per heavy atom. The lowest BCUT2D eigenvalue weighted by Gasteiger charge is -2.47. The SMILES string of the molecule is O=C(CC1Cc2ccccc2C2(CCN(C(=O)c3ccccc3)CC2)O1)NCCCO. The Balaban J connectivity index is 1.46. The molecule has 0 saturated carbocycles. The number of hydrogen-bond acceptors (Lipinski definition) is 4. The number of carbonyl (C=O) groups is 2. The van der Waals surface area contributed by atoms with Gasteiger partial charge in [0, 0.05) is 31.8 Å². The lowest BCUT2D eigenvalue weighted by molar-refractivity contribution is -0.147. The summed E-state index contributed by atoms with van der Waals surface area (Å²) in [5, 5.41) is 11.8. The van der Waals surface area contributed by atoms with Crippen molar-refractivity contribution in [3.8, 4) is 0 Å².